The first-order valence-corrected chi connectivity index (χ1v) is 39.0. The second-order valence-electron chi connectivity index (χ2n) is 25.6. The van der Waals surface area contributed by atoms with Crippen molar-refractivity contribution in [3.8, 4) is 0 Å². The fourth-order valence-electron chi connectivity index (χ4n) is 10.4. The lowest BCUT2D eigenvalue weighted by molar-refractivity contribution is -0.161. The summed E-state index contributed by atoms with van der Waals surface area (Å²) in [5.74, 6) is -0.731. The molecule has 0 amide bonds. The highest BCUT2D eigenvalue weighted by atomic mass is 31.2. The maximum absolute atomic E-state index is 13.0. The summed E-state index contributed by atoms with van der Waals surface area (Å²) in [7, 11) is -9.90. The van der Waals surface area contributed by atoms with Gasteiger partial charge in [0.25, 0.3) is 0 Å². The quantitative estimate of drug-likeness (QED) is 0.0222. The first kappa shape index (κ1) is 86.1. The van der Waals surface area contributed by atoms with E-state index in [1.54, 1.807) is 0 Å². The van der Waals surface area contributed by atoms with E-state index >= 15 is 0 Å². The molecule has 17 nitrogen and oxygen atoms in total. The number of phosphoric acid groups is 2. The van der Waals surface area contributed by atoms with Crippen molar-refractivity contribution < 1.29 is 80.2 Å². The standard InChI is InChI=1S/C69H134O17P2/c1-7-10-12-14-16-18-20-21-22-23-24-25-26-28-30-32-41-47-53-68(73)85-64(57-79-66(71)51-45-39-31-29-27-19-17-15-13-11-8-2)59-83-87(75,76)81-55-63(70)56-82-88(77,78)84-60-65(58-80-67(72)52-46-40-35-33-37-43-49-61(4)5)86-69(74)54-48-42-36-34-38-44-50-62(6)9-3/h61-65,70H,7-60H2,1-6H3,(H,75,76)(H,77,78)/t62?,63-,64-,65-/m1/s1. The molecule has 19 heteroatoms. The second kappa shape index (κ2) is 61.3. The molecular weight excluding hydrogens is 1160 g/mol. The van der Waals surface area contributed by atoms with Gasteiger partial charge in [-0.05, 0) is 37.5 Å². The third kappa shape index (κ3) is 61.6. The van der Waals surface area contributed by atoms with Gasteiger partial charge in [-0.15, -0.1) is 0 Å². The number of phosphoric ester groups is 2. The molecule has 0 fully saturated rings. The van der Waals surface area contributed by atoms with Crippen molar-refractivity contribution in [1.82, 2.24) is 0 Å². The average Bonchev–Trinajstić information content (AvgIpc) is 3.71. The van der Waals surface area contributed by atoms with E-state index in [2.05, 4.69) is 41.5 Å². The zero-order chi connectivity index (χ0) is 65.0. The van der Waals surface area contributed by atoms with E-state index in [4.69, 9.17) is 37.0 Å². The Morgan fingerprint density at radius 1 is 0.330 bits per heavy atom. The van der Waals surface area contributed by atoms with Crippen LogP contribution in [0, 0.1) is 11.8 Å². The lowest BCUT2D eigenvalue weighted by Gasteiger charge is -2.21. The van der Waals surface area contributed by atoms with Gasteiger partial charge in [-0.1, -0.05) is 298 Å². The van der Waals surface area contributed by atoms with Crippen molar-refractivity contribution in [2.45, 2.75) is 368 Å². The molecule has 0 saturated carbocycles. The third-order valence-corrected chi connectivity index (χ3v) is 18.2. The fraction of sp³-hybridized carbons (Fsp3) is 0.942. The van der Waals surface area contributed by atoms with E-state index in [0.29, 0.717) is 31.6 Å². The molecule has 0 saturated heterocycles. The lowest BCUT2D eigenvalue weighted by Crippen LogP contribution is -2.30. The fourth-order valence-corrected chi connectivity index (χ4v) is 12.0. The largest absolute Gasteiger partial charge is 0.472 e. The number of unbranched alkanes of at least 4 members (excludes halogenated alkanes) is 37. The molecule has 0 aliphatic carbocycles. The van der Waals surface area contributed by atoms with Crippen molar-refractivity contribution in [2.24, 2.45) is 11.8 Å². The Kier molecular flexibility index (Phi) is 59.9. The van der Waals surface area contributed by atoms with Crippen LogP contribution in [0.15, 0.2) is 0 Å². The van der Waals surface area contributed by atoms with Crippen LogP contribution >= 0.6 is 15.6 Å². The highest BCUT2D eigenvalue weighted by Crippen LogP contribution is 2.45. The zero-order valence-electron chi connectivity index (χ0n) is 57.0. The molecule has 0 heterocycles. The van der Waals surface area contributed by atoms with Crippen molar-refractivity contribution in [3.05, 3.63) is 0 Å². The maximum Gasteiger partial charge on any atom is 0.472 e. The summed E-state index contributed by atoms with van der Waals surface area (Å²) in [4.78, 5) is 72.4. The summed E-state index contributed by atoms with van der Waals surface area (Å²) in [5, 5.41) is 10.6. The molecule has 0 aromatic heterocycles. The van der Waals surface area contributed by atoms with Crippen LogP contribution in [-0.4, -0.2) is 96.7 Å². The van der Waals surface area contributed by atoms with Gasteiger partial charge in [0, 0.05) is 25.7 Å². The van der Waals surface area contributed by atoms with Crippen LogP contribution in [0.1, 0.15) is 350 Å². The van der Waals surface area contributed by atoms with E-state index in [9.17, 15) is 43.2 Å². The topological polar surface area (TPSA) is 237 Å². The Hall–Kier alpha value is -1.94. The summed E-state index contributed by atoms with van der Waals surface area (Å²) in [6.07, 6.45) is 46.0. The number of carbonyl (C=O) groups excluding carboxylic acids is 4. The summed E-state index contributed by atoms with van der Waals surface area (Å²) in [6.45, 7) is 9.40. The predicted molar refractivity (Wildman–Crippen MR) is 354 cm³/mol. The van der Waals surface area contributed by atoms with Gasteiger partial charge in [0.2, 0.25) is 0 Å². The Morgan fingerprint density at radius 3 is 0.864 bits per heavy atom. The summed E-state index contributed by atoms with van der Waals surface area (Å²) in [6, 6.07) is 0. The van der Waals surface area contributed by atoms with Crippen LogP contribution in [0.5, 0.6) is 0 Å². The molecule has 0 aromatic carbocycles. The Bertz CT molecular complexity index is 1720. The minimum absolute atomic E-state index is 0.102. The van der Waals surface area contributed by atoms with Crippen LogP contribution in [0.3, 0.4) is 0 Å². The number of hydrogen-bond donors (Lipinski definition) is 3. The van der Waals surface area contributed by atoms with E-state index in [-0.39, 0.29) is 25.7 Å². The van der Waals surface area contributed by atoms with Crippen LogP contribution in [0.4, 0.5) is 0 Å². The molecule has 0 spiro atoms. The Balaban J connectivity index is 5.20. The van der Waals surface area contributed by atoms with Crippen LogP contribution in [-0.2, 0) is 65.4 Å². The molecule has 0 aliphatic rings. The third-order valence-electron chi connectivity index (χ3n) is 16.3. The van der Waals surface area contributed by atoms with Crippen molar-refractivity contribution >= 4 is 39.5 Å². The number of ether oxygens (including phenoxy) is 4. The lowest BCUT2D eigenvalue weighted by atomic mass is 10.00. The van der Waals surface area contributed by atoms with Crippen molar-refractivity contribution in [3.63, 3.8) is 0 Å². The number of aliphatic hydroxyl groups excluding tert-OH is 1. The van der Waals surface area contributed by atoms with Gasteiger partial charge in [-0.2, -0.15) is 0 Å². The molecule has 3 unspecified atom stereocenters. The molecule has 0 aliphatic heterocycles. The van der Waals surface area contributed by atoms with Gasteiger partial charge >= 0.3 is 39.5 Å². The molecule has 0 radical (unpaired) electrons. The molecule has 0 aromatic rings. The number of rotatable bonds is 68. The van der Waals surface area contributed by atoms with E-state index in [1.165, 1.54) is 161 Å². The van der Waals surface area contributed by atoms with Crippen LogP contribution < -0.4 is 0 Å². The van der Waals surface area contributed by atoms with E-state index in [0.717, 1.165) is 102 Å². The summed E-state index contributed by atoms with van der Waals surface area (Å²) in [5.41, 5.74) is 0. The van der Waals surface area contributed by atoms with Gasteiger partial charge in [0.1, 0.15) is 19.3 Å². The van der Waals surface area contributed by atoms with Gasteiger partial charge in [0.15, 0.2) is 12.2 Å². The Labute approximate surface area is 537 Å². The predicted octanol–water partition coefficient (Wildman–Crippen LogP) is 19.6. The highest BCUT2D eigenvalue weighted by Gasteiger charge is 2.30. The summed E-state index contributed by atoms with van der Waals surface area (Å²) >= 11 is 0. The molecular formula is C69H134O17P2. The normalized spacial score (nSPS) is 14.5. The zero-order valence-corrected chi connectivity index (χ0v) is 58.8. The first-order valence-electron chi connectivity index (χ1n) is 36.0. The first-order chi connectivity index (χ1) is 42.4. The molecule has 0 bridgehead atoms. The summed E-state index contributed by atoms with van der Waals surface area (Å²) < 4.78 is 68.2. The van der Waals surface area contributed by atoms with Gasteiger partial charge in [-0.25, -0.2) is 9.13 Å². The number of carbonyl (C=O) groups is 4. The molecule has 6 atom stereocenters. The van der Waals surface area contributed by atoms with Crippen LogP contribution in [0.2, 0.25) is 0 Å². The van der Waals surface area contributed by atoms with Gasteiger partial charge in [-0.3, -0.25) is 37.3 Å². The van der Waals surface area contributed by atoms with Gasteiger partial charge in [0.05, 0.1) is 26.4 Å². The van der Waals surface area contributed by atoms with E-state index in [1.807, 2.05) is 0 Å². The van der Waals surface area contributed by atoms with Crippen LogP contribution in [0.25, 0.3) is 0 Å². The highest BCUT2D eigenvalue weighted by molar-refractivity contribution is 7.47. The number of hydrogen-bond acceptors (Lipinski definition) is 15. The van der Waals surface area contributed by atoms with E-state index < -0.39 is 97.5 Å². The Morgan fingerprint density at radius 2 is 0.580 bits per heavy atom. The SMILES string of the molecule is CCCCCCCCCCCCCCCCCCCCC(=O)O[C@H](COC(=O)CCCCCCCCCCCCC)COP(=O)(O)OC[C@@H](O)COP(=O)(O)OC[C@@H](COC(=O)CCCCCCCCC(C)C)OC(=O)CCCCCCCCC(C)CC. The van der Waals surface area contributed by atoms with Gasteiger partial charge < -0.3 is 33.8 Å². The minimum Gasteiger partial charge on any atom is -0.462 e. The van der Waals surface area contributed by atoms with Crippen molar-refractivity contribution in [2.75, 3.05) is 39.6 Å². The second-order valence-corrected chi connectivity index (χ2v) is 28.5. The smallest absolute Gasteiger partial charge is 0.462 e. The average molecular weight is 1300 g/mol. The van der Waals surface area contributed by atoms with Crippen molar-refractivity contribution in [1.29, 1.82) is 0 Å². The number of esters is 4. The minimum atomic E-state index is -4.95. The molecule has 522 valence electrons. The molecule has 0 rings (SSSR count). The maximum atomic E-state index is 13.0. The molecule has 3 N–H and O–H groups in total. The molecule has 88 heavy (non-hydrogen) atoms. The monoisotopic (exact) mass is 1300 g/mol. The number of aliphatic hydroxyl groups is 1.